The Morgan fingerprint density at radius 2 is 0.714 bits per heavy atom. The zero-order chi connectivity index (χ0) is 20.1. The molecule has 0 radical (unpaired) electrons. The highest BCUT2D eigenvalue weighted by Crippen LogP contribution is 2.14. The van der Waals surface area contributed by atoms with Crippen molar-refractivity contribution >= 4 is 0 Å². The van der Waals surface area contributed by atoms with E-state index in [-0.39, 0.29) is 0 Å². The molecule has 1 rings (SSSR count). The van der Waals surface area contributed by atoms with Crippen LogP contribution in [0.5, 0.6) is 0 Å². The Morgan fingerprint density at radius 3 is 1.04 bits per heavy atom. The molecule has 2 heteroatoms. The van der Waals surface area contributed by atoms with Gasteiger partial charge in [0.1, 0.15) is 0 Å². The molecule has 0 unspecified atom stereocenters. The highest BCUT2D eigenvalue weighted by Gasteiger charge is 2.10. The lowest BCUT2D eigenvalue weighted by Gasteiger charge is -2.21. The van der Waals surface area contributed by atoms with Crippen LogP contribution in [-0.4, -0.2) is 29.6 Å². The van der Waals surface area contributed by atoms with Gasteiger partial charge in [0.15, 0.2) is 0 Å². The summed E-state index contributed by atoms with van der Waals surface area (Å²) in [5.41, 5.74) is 0. The molecule has 1 aliphatic heterocycles. The van der Waals surface area contributed by atoms with Crippen molar-refractivity contribution < 1.29 is 0 Å². The third-order valence-electron chi connectivity index (χ3n) is 6.20. The standard InChI is InChI=1S/C26H52N2/c1-3-5-7-9-11-13-14-15-17-19-21-23-28-25-24-27(26-28)22-20-18-16-12-10-8-6-4-2/h24-25H,3-23,26H2,1-2H3. The molecule has 28 heavy (non-hydrogen) atoms. The molecule has 0 fully saturated rings. The summed E-state index contributed by atoms with van der Waals surface area (Å²) >= 11 is 0. The molecule has 0 aromatic rings. The molecule has 0 spiro atoms. The first kappa shape index (κ1) is 25.4. The van der Waals surface area contributed by atoms with Gasteiger partial charge in [-0.25, -0.2) is 0 Å². The van der Waals surface area contributed by atoms with Crippen molar-refractivity contribution in [1.82, 2.24) is 9.80 Å². The van der Waals surface area contributed by atoms with Crippen LogP contribution in [0, 0.1) is 0 Å². The summed E-state index contributed by atoms with van der Waals surface area (Å²) in [5.74, 6) is 0. The summed E-state index contributed by atoms with van der Waals surface area (Å²) in [6.45, 7) is 8.23. The lowest BCUT2D eigenvalue weighted by Crippen LogP contribution is -2.26. The highest BCUT2D eigenvalue weighted by atomic mass is 15.3. The second kappa shape index (κ2) is 19.6. The maximum Gasteiger partial charge on any atom is 0.0893 e. The van der Waals surface area contributed by atoms with Crippen LogP contribution in [0.15, 0.2) is 12.4 Å². The molecule has 0 saturated heterocycles. The third-order valence-corrected chi connectivity index (χ3v) is 6.20. The fourth-order valence-corrected chi connectivity index (χ4v) is 4.23. The molecule has 0 N–H and O–H groups in total. The van der Waals surface area contributed by atoms with Crippen LogP contribution < -0.4 is 0 Å². The SMILES string of the molecule is CCCCCCCCCCCCCN1C=CN(CCCCCCCCCC)C1. The number of rotatable bonds is 21. The second-order valence-electron chi connectivity index (χ2n) is 9.07. The zero-order valence-corrected chi connectivity index (χ0v) is 19.6. The predicted molar refractivity (Wildman–Crippen MR) is 126 cm³/mol. The minimum Gasteiger partial charge on any atom is -0.359 e. The molecule has 0 aromatic heterocycles. The second-order valence-corrected chi connectivity index (χ2v) is 9.07. The summed E-state index contributed by atoms with van der Waals surface area (Å²) in [6, 6.07) is 0. The van der Waals surface area contributed by atoms with Crippen LogP contribution >= 0.6 is 0 Å². The van der Waals surface area contributed by atoms with Crippen LogP contribution in [0.25, 0.3) is 0 Å². The Bertz CT molecular complexity index is 339. The Kier molecular flexibility index (Phi) is 17.8. The van der Waals surface area contributed by atoms with E-state index in [1.165, 1.54) is 135 Å². The highest BCUT2D eigenvalue weighted by molar-refractivity contribution is 4.90. The van der Waals surface area contributed by atoms with Gasteiger partial charge < -0.3 is 9.80 Å². The summed E-state index contributed by atoms with van der Waals surface area (Å²) in [5, 5.41) is 0. The largest absolute Gasteiger partial charge is 0.359 e. The summed E-state index contributed by atoms with van der Waals surface area (Å²) in [4.78, 5) is 5.02. The monoisotopic (exact) mass is 392 g/mol. The minimum atomic E-state index is 1.13. The molecule has 0 atom stereocenters. The van der Waals surface area contributed by atoms with Crippen molar-refractivity contribution in [1.29, 1.82) is 0 Å². The molecule has 0 aromatic carbocycles. The summed E-state index contributed by atoms with van der Waals surface area (Å²) in [7, 11) is 0. The average Bonchev–Trinajstić information content (AvgIpc) is 3.16. The van der Waals surface area contributed by atoms with Crippen molar-refractivity contribution in [2.75, 3.05) is 19.8 Å². The Hall–Kier alpha value is -0.660. The molecule has 0 bridgehead atoms. The molecule has 0 aliphatic carbocycles. The number of hydrogen-bond acceptors (Lipinski definition) is 2. The molecule has 166 valence electrons. The third kappa shape index (κ3) is 15.3. The molecule has 1 aliphatic rings. The summed E-state index contributed by atoms with van der Waals surface area (Å²) < 4.78 is 0. The Morgan fingerprint density at radius 1 is 0.429 bits per heavy atom. The van der Waals surface area contributed by atoms with Crippen LogP contribution in [0.4, 0.5) is 0 Å². The van der Waals surface area contributed by atoms with Crippen molar-refractivity contribution in [3.05, 3.63) is 12.4 Å². The van der Waals surface area contributed by atoms with Crippen LogP contribution in [-0.2, 0) is 0 Å². The van der Waals surface area contributed by atoms with Crippen LogP contribution in [0.1, 0.15) is 136 Å². The first-order valence-electron chi connectivity index (χ1n) is 13.0. The molecule has 0 saturated carbocycles. The fourth-order valence-electron chi connectivity index (χ4n) is 4.23. The van der Waals surface area contributed by atoms with Crippen molar-refractivity contribution in [2.45, 2.75) is 136 Å². The predicted octanol–water partition coefficient (Wildman–Crippen LogP) is 8.48. The van der Waals surface area contributed by atoms with Gasteiger partial charge in [-0.05, 0) is 12.8 Å². The van der Waals surface area contributed by atoms with E-state index in [0.717, 1.165) is 6.67 Å². The number of hydrogen-bond donors (Lipinski definition) is 0. The van der Waals surface area contributed by atoms with Crippen LogP contribution in [0.3, 0.4) is 0 Å². The van der Waals surface area contributed by atoms with Gasteiger partial charge in [-0.3, -0.25) is 0 Å². The van der Waals surface area contributed by atoms with Gasteiger partial charge in [0.05, 0.1) is 6.67 Å². The van der Waals surface area contributed by atoms with E-state index < -0.39 is 0 Å². The van der Waals surface area contributed by atoms with Gasteiger partial charge in [-0.15, -0.1) is 0 Å². The Labute approximate surface area is 178 Å². The van der Waals surface area contributed by atoms with E-state index in [2.05, 4.69) is 36.0 Å². The smallest absolute Gasteiger partial charge is 0.0893 e. The van der Waals surface area contributed by atoms with Crippen molar-refractivity contribution in [3.63, 3.8) is 0 Å². The normalized spacial score (nSPS) is 13.8. The van der Waals surface area contributed by atoms with Crippen LogP contribution in [0.2, 0.25) is 0 Å². The van der Waals surface area contributed by atoms with E-state index >= 15 is 0 Å². The first-order chi connectivity index (χ1) is 13.9. The number of nitrogens with zero attached hydrogens (tertiary/aromatic N) is 2. The van der Waals surface area contributed by atoms with E-state index in [4.69, 9.17) is 0 Å². The lowest BCUT2D eigenvalue weighted by molar-refractivity contribution is 0.257. The van der Waals surface area contributed by atoms with Gasteiger partial charge >= 0.3 is 0 Å². The first-order valence-corrected chi connectivity index (χ1v) is 13.0. The minimum absolute atomic E-state index is 1.13. The van der Waals surface area contributed by atoms with Gasteiger partial charge in [-0.2, -0.15) is 0 Å². The number of unbranched alkanes of at least 4 members (excludes halogenated alkanes) is 17. The topological polar surface area (TPSA) is 6.48 Å². The van der Waals surface area contributed by atoms with Gasteiger partial charge in [0.25, 0.3) is 0 Å². The van der Waals surface area contributed by atoms with Gasteiger partial charge in [0.2, 0.25) is 0 Å². The average molecular weight is 393 g/mol. The van der Waals surface area contributed by atoms with E-state index in [9.17, 15) is 0 Å². The van der Waals surface area contributed by atoms with Gasteiger partial charge in [0, 0.05) is 25.5 Å². The lowest BCUT2D eigenvalue weighted by atomic mass is 10.1. The molecule has 1 heterocycles. The molecular formula is C26H52N2. The molecule has 0 amide bonds. The van der Waals surface area contributed by atoms with E-state index in [1.54, 1.807) is 0 Å². The fraction of sp³-hybridized carbons (Fsp3) is 0.923. The van der Waals surface area contributed by atoms with Crippen molar-refractivity contribution in [3.8, 4) is 0 Å². The molecule has 2 nitrogen and oxygen atoms in total. The zero-order valence-electron chi connectivity index (χ0n) is 19.6. The van der Waals surface area contributed by atoms with Gasteiger partial charge in [-0.1, -0.05) is 123 Å². The maximum atomic E-state index is 2.51. The maximum absolute atomic E-state index is 2.51. The summed E-state index contributed by atoms with van der Waals surface area (Å²) in [6.07, 6.45) is 31.7. The van der Waals surface area contributed by atoms with Crippen molar-refractivity contribution in [2.24, 2.45) is 0 Å². The van der Waals surface area contributed by atoms with E-state index in [0.29, 0.717) is 0 Å². The van der Waals surface area contributed by atoms with E-state index in [1.807, 2.05) is 0 Å². The Balaban J connectivity index is 1.80. The molecular weight excluding hydrogens is 340 g/mol. The quantitative estimate of drug-likeness (QED) is 0.181.